The first-order chi connectivity index (χ1) is 11.0. The zero-order valence-electron chi connectivity index (χ0n) is 13.2. The molecule has 0 N–H and O–H groups in total. The number of hydrogen-bond donors (Lipinski definition) is 0. The maximum Gasteiger partial charge on any atom is 0.126 e. The van der Waals surface area contributed by atoms with Crippen LogP contribution >= 0.6 is 0 Å². The van der Waals surface area contributed by atoms with Gasteiger partial charge in [0.2, 0.25) is 0 Å². The van der Waals surface area contributed by atoms with Crippen molar-refractivity contribution in [2.75, 3.05) is 13.6 Å². The van der Waals surface area contributed by atoms with Crippen molar-refractivity contribution in [2.24, 2.45) is 7.05 Å². The molecule has 1 aliphatic heterocycles. The average molecular weight is 312 g/mol. The van der Waals surface area contributed by atoms with Gasteiger partial charge in [0.05, 0.1) is 0 Å². The Morgan fingerprint density at radius 3 is 2.48 bits per heavy atom. The summed E-state index contributed by atoms with van der Waals surface area (Å²) in [5, 5.41) is 1.22. The number of fused-ring (bicyclic) bond motifs is 3. The summed E-state index contributed by atoms with van der Waals surface area (Å²) in [6.07, 6.45) is 2.05. The minimum Gasteiger partial charge on any atom is -0.351 e. The number of nitrogens with zero attached hydrogens (tertiary/aromatic N) is 2. The van der Waals surface area contributed by atoms with E-state index in [0.717, 1.165) is 19.2 Å². The Bertz CT molecular complexity index is 878. The van der Waals surface area contributed by atoms with E-state index in [2.05, 4.69) is 33.9 Å². The summed E-state index contributed by atoms with van der Waals surface area (Å²) in [4.78, 5) is 2.21. The van der Waals surface area contributed by atoms with Crippen LogP contribution in [0.2, 0.25) is 0 Å². The highest BCUT2D eigenvalue weighted by molar-refractivity contribution is 5.85. The first-order valence-corrected chi connectivity index (χ1v) is 7.74. The predicted molar refractivity (Wildman–Crippen MR) is 87.5 cm³/mol. The van der Waals surface area contributed by atoms with Crippen LogP contribution in [0.4, 0.5) is 8.78 Å². The molecule has 2 heterocycles. The highest BCUT2D eigenvalue weighted by Gasteiger charge is 2.27. The van der Waals surface area contributed by atoms with Crippen molar-refractivity contribution in [1.82, 2.24) is 9.47 Å². The third kappa shape index (κ3) is 2.34. The molecule has 0 amide bonds. The van der Waals surface area contributed by atoms with Gasteiger partial charge < -0.3 is 9.47 Å². The molecule has 1 aromatic heterocycles. The molecular weight excluding hydrogens is 294 g/mol. The lowest BCUT2D eigenvalue weighted by Gasteiger charge is -2.33. The highest BCUT2D eigenvalue weighted by atomic mass is 19.1. The van der Waals surface area contributed by atoms with E-state index in [9.17, 15) is 8.78 Å². The van der Waals surface area contributed by atoms with Gasteiger partial charge in [0.1, 0.15) is 11.6 Å². The quantitative estimate of drug-likeness (QED) is 0.658. The Kier molecular flexibility index (Phi) is 3.23. The van der Waals surface area contributed by atoms with Crippen molar-refractivity contribution in [3.63, 3.8) is 0 Å². The average Bonchev–Trinajstić information content (AvgIpc) is 2.87. The molecule has 0 bridgehead atoms. The zero-order valence-corrected chi connectivity index (χ0v) is 13.2. The first kappa shape index (κ1) is 14.4. The lowest BCUT2D eigenvalue weighted by Crippen LogP contribution is -2.31. The lowest BCUT2D eigenvalue weighted by atomic mass is 9.83. The van der Waals surface area contributed by atoms with Gasteiger partial charge in [-0.3, -0.25) is 0 Å². The van der Waals surface area contributed by atoms with E-state index in [-0.39, 0.29) is 5.92 Å². The van der Waals surface area contributed by atoms with Crippen LogP contribution in [0.3, 0.4) is 0 Å². The molecule has 0 spiro atoms. The molecule has 1 aliphatic rings. The number of rotatable bonds is 1. The van der Waals surface area contributed by atoms with Crippen molar-refractivity contribution in [3.05, 3.63) is 70.9 Å². The number of halogens is 2. The van der Waals surface area contributed by atoms with Crippen LogP contribution in [0.25, 0.3) is 10.9 Å². The van der Waals surface area contributed by atoms with Crippen molar-refractivity contribution < 1.29 is 8.78 Å². The van der Waals surface area contributed by atoms with Crippen molar-refractivity contribution >= 4 is 10.9 Å². The summed E-state index contributed by atoms with van der Waals surface area (Å²) in [5.41, 5.74) is 4.31. The zero-order chi connectivity index (χ0) is 16.1. The molecule has 0 aliphatic carbocycles. The molecule has 2 nitrogen and oxygen atoms in total. The Morgan fingerprint density at radius 1 is 1.00 bits per heavy atom. The van der Waals surface area contributed by atoms with E-state index >= 15 is 0 Å². The molecule has 0 unspecified atom stereocenters. The Balaban J connectivity index is 1.92. The minimum absolute atomic E-state index is 0.0152. The molecule has 0 radical (unpaired) electrons. The number of aromatic nitrogens is 1. The van der Waals surface area contributed by atoms with Gasteiger partial charge in [-0.2, -0.15) is 0 Å². The second-order valence-corrected chi connectivity index (χ2v) is 6.44. The highest BCUT2D eigenvalue weighted by Crippen LogP contribution is 2.37. The molecule has 2 aromatic carbocycles. The standard InChI is InChI=1S/C19H18F2N2/c1-22-10-17(12-7-13(20)9-14(21)8-12)15-3-4-19-16(18(15)11-22)5-6-23(19)2/h3-9,17H,10-11H2,1-2H3/t17-/m1/s1. The molecular formula is C19H18F2N2. The van der Waals surface area contributed by atoms with Gasteiger partial charge in [-0.1, -0.05) is 6.07 Å². The number of aryl methyl sites for hydroxylation is 1. The lowest BCUT2D eigenvalue weighted by molar-refractivity contribution is 0.296. The number of hydrogen-bond acceptors (Lipinski definition) is 1. The minimum atomic E-state index is -0.518. The molecule has 23 heavy (non-hydrogen) atoms. The molecule has 0 fully saturated rings. The summed E-state index contributed by atoms with van der Waals surface area (Å²) >= 11 is 0. The number of likely N-dealkylation sites (N-methyl/N-ethyl adjacent to an activating group) is 1. The monoisotopic (exact) mass is 312 g/mol. The van der Waals surface area contributed by atoms with Gasteiger partial charge in [0.25, 0.3) is 0 Å². The van der Waals surface area contributed by atoms with E-state index in [1.165, 1.54) is 34.2 Å². The normalized spacial score (nSPS) is 18.3. The summed E-state index contributed by atoms with van der Waals surface area (Å²) in [7, 11) is 4.08. The molecule has 0 saturated heterocycles. The van der Waals surface area contributed by atoms with Crippen LogP contribution < -0.4 is 0 Å². The van der Waals surface area contributed by atoms with E-state index < -0.39 is 11.6 Å². The molecule has 0 saturated carbocycles. The van der Waals surface area contributed by atoms with Gasteiger partial charge >= 0.3 is 0 Å². The van der Waals surface area contributed by atoms with Gasteiger partial charge in [-0.25, -0.2) is 8.78 Å². The van der Waals surface area contributed by atoms with E-state index in [1.54, 1.807) is 0 Å². The van der Waals surface area contributed by atoms with Crippen molar-refractivity contribution in [1.29, 1.82) is 0 Å². The Morgan fingerprint density at radius 2 is 1.74 bits per heavy atom. The van der Waals surface area contributed by atoms with Crippen LogP contribution in [0, 0.1) is 11.6 Å². The van der Waals surface area contributed by atoms with Crippen LogP contribution in [-0.2, 0) is 13.6 Å². The first-order valence-electron chi connectivity index (χ1n) is 7.74. The van der Waals surface area contributed by atoms with Crippen LogP contribution in [-0.4, -0.2) is 23.1 Å². The fourth-order valence-electron chi connectivity index (χ4n) is 3.74. The smallest absolute Gasteiger partial charge is 0.126 e. The fourth-order valence-corrected chi connectivity index (χ4v) is 3.74. The van der Waals surface area contributed by atoms with Gasteiger partial charge in [0, 0.05) is 49.2 Å². The molecule has 4 rings (SSSR count). The number of benzene rings is 2. The fraction of sp³-hybridized carbons (Fsp3) is 0.263. The van der Waals surface area contributed by atoms with E-state index in [4.69, 9.17) is 0 Å². The predicted octanol–water partition coefficient (Wildman–Crippen LogP) is 4.03. The molecule has 3 aromatic rings. The van der Waals surface area contributed by atoms with Gasteiger partial charge in [-0.05, 0) is 48.0 Å². The van der Waals surface area contributed by atoms with Crippen LogP contribution in [0.5, 0.6) is 0 Å². The largest absolute Gasteiger partial charge is 0.351 e. The van der Waals surface area contributed by atoms with Crippen molar-refractivity contribution in [3.8, 4) is 0 Å². The van der Waals surface area contributed by atoms with Crippen molar-refractivity contribution in [2.45, 2.75) is 12.5 Å². The second-order valence-electron chi connectivity index (χ2n) is 6.44. The molecule has 4 heteroatoms. The van der Waals surface area contributed by atoms with E-state index in [0.29, 0.717) is 5.56 Å². The topological polar surface area (TPSA) is 8.17 Å². The third-order valence-electron chi connectivity index (χ3n) is 4.80. The van der Waals surface area contributed by atoms with Gasteiger partial charge in [0.15, 0.2) is 0 Å². The molecule has 118 valence electrons. The Hall–Kier alpha value is -2.20. The maximum atomic E-state index is 13.7. The SMILES string of the molecule is CN1Cc2c(ccc3c2ccn3C)[C@@H](c2cc(F)cc(F)c2)C1. The molecule has 1 atom stereocenters. The Labute approximate surface area is 133 Å². The van der Waals surface area contributed by atoms with Crippen LogP contribution in [0.1, 0.15) is 22.6 Å². The van der Waals surface area contributed by atoms with E-state index in [1.807, 2.05) is 14.1 Å². The van der Waals surface area contributed by atoms with Crippen LogP contribution in [0.15, 0.2) is 42.6 Å². The second kappa shape index (κ2) is 5.17. The summed E-state index contributed by atoms with van der Waals surface area (Å²) in [6.45, 7) is 1.61. The summed E-state index contributed by atoms with van der Waals surface area (Å²) in [6, 6.07) is 10.2. The maximum absolute atomic E-state index is 13.7. The van der Waals surface area contributed by atoms with Gasteiger partial charge in [-0.15, -0.1) is 0 Å². The summed E-state index contributed by atoms with van der Waals surface area (Å²) < 4.78 is 29.4. The summed E-state index contributed by atoms with van der Waals surface area (Å²) in [5.74, 6) is -1.05. The third-order valence-corrected chi connectivity index (χ3v) is 4.80.